The van der Waals surface area contributed by atoms with Gasteiger partial charge in [-0.05, 0) is 53.8 Å². The van der Waals surface area contributed by atoms with Crippen molar-refractivity contribution in [3.8, 4) is 0 Å². The zero-order valence-corrected chi connectivity index (χ0v) is 19.2. The highest BCUT2D eigenvalue weighted by Crippen LogP contribution is 2.16. The summed E-state index contributed by atoms with van der Waals surface area (Å²) in [6.07, 6.45) is 4.62. The fourth-order valence-corrected chi connectivity index (χ4v) is 3.83. The minimum Gasteiger partial charge on any atom is -0.356 e. The molecule has 1 N–H and O–H groups in total. The van der Waals surface area contributed by atoms with Crippen molar-refractivity contribution < 1.29 is 0 Å². The van der Waals surface area contributed by atoms with Gasteiger partial charge in [0.15, 0.2) is 5.96 Å². The number of aryl methyl sites for hydroxylation is 1. The largest absolute Gasteiger partial charge is 0.356 e. The van der Waals surface area contributed by atoms with Crippen molar-refractivity contribution in [1.82, 2.24) is 19.7 Å². The first-order valence-electron chi connectivity index (χ1n) is 8.48. The second kappa shape index (κ2) is 10.7. The van der Waals surface area contributed by atoms with Crippen LogP contribution in [0.25, 0.3) is 0 Å². The van der Waals surface area contributed by atoms with E-state index in [1.54, 1.807) is 0 Å². The van der Waals surface area contributed by atoms with Gasteiger partial charge in [0.1, 0.15) is 0 Å². The molecule has 1 saturated heterocycles. The van der Waals surface area contributed by atoms with Gasteiger partial charge in [-0.25, -0.2) is 0 Å². The molecule has 1 fully saturated rings. The summed E-state index contributed by atoms with van der Waals surface area (Å²) in [5.41, 5.74) is 1.26. The number of aliphatic imine (C=N–C) groups is 1. The predicted octanol–water partition coefficient (Wildman–Crippen LogP) is 3.14. The van der Waals surface area contributed by atoms with Crippen LogP contribution in [0.1, 0.15) is 25.5 Å². The minimum atomic E-state index is 0. The number of rotatable bonds is 6. The first-order chi connectivity index (χ1) is 11.0. The summed E-state index contributed by atoms with van der Waals surface area (Å²) in [7, 11) is 6.02. The Balaban J connectivity index is 0.00000288. The van der Waals surface area contributed by atoms with E-state index >= 15 is 0 Å². The molecule has 1 aliphatic rings. The number of aromatic nitrogens is 1. The maximum Gasteiger partial charge on any atom is 0.193 e. The summed E-state index contributed by atoms with van der Waals surface area (Å²) >= 11 is 3.53. The Labute approximate surface area is 172 Å². The smallest absolute Gasteiger partial charge is 0.193 e. The van der Waals surface area contributed by atoms with Crippen LogP contribution in [-0.2, 0) is 13.6 Å². The van der Waals surface area contributed by atoms with E-state index in [9.17, 15) is 0 Å². The van der Waals surface area contributed by atoms with Crippen LogP contribution in [0.5, 0.6) is 0 Å². The van der Waals surface area contributed by atoms with Crippen LogP contribution in [0.15, 0.2) is 21.7 Å². The van der Waals surface area contributed by atoms with Crippen molar-refractivity contribution >= 4 is 45.9 Å². The van der Waals surface area contributed by atoms with E-state index in [2.05, 4.69) is 73.9 Å². The maximum absolute atomic E-state index is 4.43. The van der Waals surface area contributed by atoms with Gasteiger partial charge < -0.3 is 19.7 Å². The molecule has 1 aliphatic heterocycles. The van der Waals surface area contributed by atoms with E-state index < -0.39 is 0 Å². The summed E-state index contributed by atoms with van der Waals surface area (Å²) in [4.78, 5) is 9.18. The Bertz CT molecular complexity index is 531. The van der Waals surface area contributed by atoms with Crippen LogP contribution >= 0.6 is 39.9 Å². The normalized spacial score (nSPS) is 18.5. The topological polar surface area (TPSA) is 35.8 Å². The van der Waals surface area contributed by atoms with Crippen molar-refractivity contribution in [3.05, 3.63) is 22.4 Å². The van der Waals surface area contributed by atoms with E-state index in [1.165, 1.54) is 38.2 Å². The fraction of sp³-hybridized carbons (Fsp3) is 0.706. The molecule has 0 aliphatic carbocycles. The molecule has 2 heterocycles. The SMILES string of the molecule is CCCN1CCC(CNC(=NC)N(C)Cc2cc(Br)cn2C)C1.I. The second-order valence-corrected chi connectivity index (χ2v) is 7.42. The van der Waals surface area contributed by atoms with Crippen LogP contribution in [0, 0.1) is 5.92 Å². The summed E-state index contributed by atoms with van der Waals surface area (Å²) < 4.78 is 3.27. The Morgan fingerprint density at radius 1 is 1.50 bits per heavy atom. The minimum absolute atomic E-state index is 0. The van der Waals surface area contributed by atoms with Crippen LogP contribution in [0.4, 0.5) is 0 Å². The molecule has 0 radical (unpaired) electrons. The van der Waals surface area contributed by atoms with Crippen molar-refractivity contribution in [3.63, 3.8) is 0 Å². The molecule has 24 heavy (non-hydrogen) atoms. The molecule has 2 rings (SSSR count). The Morgan fingerprint density at radius 3 is 2.83 bits per heavy atom. The average Bonchev–Trinajstić information content (AvgIpc) is 3.07. The number of halogens is 2. The van der Waals surface area contributed by atoms with Crippen molar-refractivity contribution in [1.29, 1.82) is 0 Å². The summed E-state index contributed by atoms with van der Waals surface area (Å²) in [5.74, 6) is 1.70. The highest BCUT2D eigenvalue weighted by Gasteiger charge is 2.22. The molecule has 5 nitrogen and oxygen atoms in total. The second-order valence-electron chi connectivity index (χ2n) is 6.50. The molecule has 0 amide bonds. The number of hydrogen-bond donors (Lipinski definition) is 1. The van der Waals surface area contributed by atoms with E-state index in [4.69, 9.17) is 0 Å². The lowest BCUT2D eigenvalue weighted by atomic mass is 10.1. The zero-order valence-electron chi connectivity index (χ0n) is 15.3. The van der Waals surface area contributed by atoms with Crippen LogP contribution in [-0.4, -0.2) is 60.6 Å². The number of nitrogens with zero attached hydrogens (tertiary/aromatic N) is 4. The molecule has 0 bridgehead atoms. The highest BCUT2D eigenvalue weighted by molar-refractivity contribution is 14.0. The van der Waals surface area contributed by atoms with E-state index in [0.29, 0.717) is 0 Å². The van der Waals surface area contributed by atoms with E-state index in [0.717, 1.165) is 29.4 Å². The van der Waals surface area contributed by atoms with Gasteiger partial charge >= 0.3 is 0 Å². The third-order valence-electron chi connectivity index (χ3n) is 4.51. The monoisotopic (exact) mass is 511 g/mol. The fourth-order valence-electron chi connectivity index (χ4n) is 3.26. The zero-order chi connectivity index (χ0) is 16.8. The molecule has 0 saturated carbocycles. The molecule has 138 valence electrons. The molecule has 1 unspecified atom stereocenters. The quantitative estimate of drug-likeness (QED) is 0.362. The first-order valence-corrected chi connectivity index (χ1v) is 9.27. The summed E-state index contributed by atoms with van der Waals surface area (Å²) in [6.45, 7) is 7.79. The van der Waals surface area contributed by atoms with Crippen molar-refractivity contribution in [2.45, 2.75) is 26.3 Å². The van der Waals surface area contributed by atoms with Crippen LogP contribution in [0.3, 0.4) is 0 Å². The first kappa shape index (κ1) is 21.8. The number of likely N-dealkylation sites (tertiary alicyclic amines) is 1. The molecule has 7 heteroatoms. The van der Waals surface area contributed by atoms with E-state index in [-0.39, 0.29) is 24.0 Å². The van der Waals surface area contributed by atoms with Gasteiger partial charge in [-0.15, -0.1) is 24.0 Å². The van der Waals surface area contributed by atoms with Gasteiger partial charge in [0.25, 0.3) is 0 Å². The van der Waals surface area contributed by atoms with Gasteiger partial charge in [-0.3, -0.25) is 4.99 Å². The third kappa shape index (κ3) is 6.22. The molecular weight excluding hydrogens is 481 g/mol. The third-order valence-corrected chi connectivity index (χ3v) is 4.94. The van der Waals surface area contributed by atoms with Crippen molar-refractivity contribution in [2.24, 2.45) is 18.0 Å². The number of hydrogen-bond acceptors (Lipinski definition) is 2. The molecule has 1 atom stereocenters. The molecule has 0 aromatic carbocycles. The lowest BCUT2D eigenvalue weighted by Crippen LogP contribution is -2.41. The Hall–Kier alpha value is -0.280. The van der Waals surface area contributed by atoms with Gasteiger partial charge in [0, 0.05) is 50.6 Å². The predicted molar refractivity (Wildman–Crippen MR) is 116 cm³/mol. The standard InChI is InChI=1S/C17H30BrN5.HI/c1-5-7-23-8-6-14(11-23)10-20-17(19-2)22(4)13-16-9-15(18)12-21(16)3;/h9,12,14H,5-8,10-11,13H2,1-4H3,(H,19,20);1H. The molecule has 0 spiro atoms. The average molecular weight is 512 g/mol. The lowest BCUT2D eigenvalue weighted by molar-refractivity contribution is 0.324. The van der Waals surface area contributed by atoms with Crippen LogP contribution < -0.4 is 5.32 Å². The molecular formula is C17H31BrIN5. The lowest BCUT2D eigenvalue weighted by Gasteiger charge is -2.24. The van der Waals surface area contributed by atoms with Gasteiger partial charge in [-0.1, -0.05) is 6.92 Å². The summed E-state index contributed by atoms with van der Waals surface area (Å²) in [6, 6.07) is 2.16. The maximum atomic E-state index is 4.43. The Kier molecular flexibility index (Phi) is 9.66. The van der Waals surface area contributed by atoms with Crippen LogP contribution in [0.2, 0.25) is 0 Å². The van der Waals surface area contributed by atoms with Crippen molar-refractivity contribution in [2.75, 3.05) is 40.3 Å². The molecule has 1 aromatic heterocycles. The highest BCUT2D eigenvalue weighted by atomic mass is 127. The van der Waals surface area contributed by atoms with Gasteiger partial charge in [0.2, 0.25) is 0 Å². The Morgan fingerprint density at radius 2 is 2.25 bits per heavy atom. The number of guanidine groups is 1. The number of nitrogens with one attached hydrogen (secondary N) is 1. The van der Waals surface area contributed by atoms with Gasteiger partial charge in [-0.2, -0.15) is 0 Å². The van der Waals surface area contributed by atoms with E-state index in [1.807, 2.05) is 7.05 Å². The summed E-state index contributed by atoms with van der Waals surface area (Å²) in [5, 5.41) is 3.55. The van der Waals surface area contributed by atoms with Gasteiger partial charge in [0.05, 0.1) is 6.54 Å². The molecule has 1 aromatic rings.